The summed E-state index contributed by atoms with van der Waals surface area (Å²) in [6, 6.07) is 0.219. The third kappa shape index (κ3) is 3.27. The molecule has 1 aliphatic rings. The van der Waals surface area contributed by atoms with Crippen LogP contribution in [-0.2, 0) is 6.54 Å². The lowest BCUT2D eigenvalue weighted by molar-refractivity contribution is 0.479. The highest BCUT2D eigenvalue weighted by atomic mass is 19.1. The standard InChI is InChI=1S/C16H21FN8/c1-2-25-9-11(7-20-25)22-16-23-14-13(12(17)8-19-14)15(24-16)21-10-4-3-5-18-6-10/h7-10,18H,2-6H2,1H3,(H3,19,21,22,23,24)/t10-/m1/s1. The van der Waals surface area contributed by atoms with Gasteiger partial charge in [-0.2, -0.15) is 15.1 Å². The van der Waals surface area contributed by atoms with Gasteiger partial charge < -0.3 is 20.9 Å². The summed E-state index contributed by atoms with van der Waals surface area (Å²) in [6.45, 7) is 4.65. The van der Waals surface area contributed by atoms with E-state index in [1.807, 2.05) is 17.8 Å². The zero-order valence-corrected chi connectivity index (χ0v) is 14.0. The van der Waals surface area contributed by atoms with E-state index in [-0.39, 0.29) is 11.9 Å². The van der Waals surface area contributed by atoms with Gasteiger partial charge in [-0.05, 0) is 26.3 Å². The molecular formula is C16H21FN8. The number of aromatic amines is 1. The van der Waals surface area contributed by atoms with Crippen molar-refractivity contribution in [1.29, 1.82) is 0 Å². The lowest BCUT2D eigenvalue weighted by Crippen LogP contribution is -2.38. The number of nitrogens with one attached hydrogen (secondary N) is 4. The molecule has 0 bridgehead atoms. The molecule has 25 heavy (non-hydrogen) atoms. The molecular weight excluding hydrogens is 323 g/mol. The summed E-state index contributed by atoms with van der Waals surface area (Å²) in [5.41, 5.74) is 1.25. The Labute approximate surface area is 144 Å². The number of rotatable bonds is 5. The monoisotopic (exact) mass is 344 g/mol. The Morgan fingerprint density at radius 3 is 3.08 bits per heavy atom. The highest BCUT2D eigenvalue weighted by Crippen LogP contribution is 2.26. The molecule has 1 atom stereocenters. The second-order valence-electron chi connectivity index (χ2n) is 6.15. The average Bonchev–Trinajstić information content (AvgIpc) is 3.23. The number of hydrogen-bond donors (Lipinski definition) is 4. The Bertz CT molecular complexity index is 864. The molecule has 8 nitrogen and oxygen atoms in total. The first-order valence-electron chi connectivity index (χ1n) is 8.54. The molecule has 4 heterocycles. The molecule has 1 fully saturated rings. The molecule has 4 rings (SSSR count). The van der Waals surface area contributed by atoms with Crippen LogP contribution < -0.4 is 16.0 Å². The number of fused-ring (bicyclic) bond motifs is 1. The van der Waals surface area contributed by atoms with Crippen molar-refractivity contribution in [3.8, 4) is 0 Å². The Hall–Kier alpha value is -2.68. The molecule has 3 aromatic rings. The number of H-pyrrole nitrogens is 1. The number of nitrogens with zero attached hydrogens (tertiary/aromatic N) is 4. The van der Waals surface area contributed by atoms with Gasteiger partial charge in [-0.25, -0.2) is 4.39 Å². The minimum absolute atomic E-state index is 0.219. The zero-order chi connectivity index (χ0) is 17.2. The van der Waals surface area contributed by atoms with Gasteiger partial charge in [0.05, 0.1) is 17.3 Å². The quantitative estimate of drug-likeness (QED) is 0.567. The summed E-state index contributed by atoms with van der Waals surface area (Å²) in [5.74, 6) is 0.547. The van der Waals surface area contributed by atoms with Crippen molar-refractivity contribution in [2.45, 2.75) is 32.4 Å². The van der Waals surface area contributed by atoms with Crippen molar-refractivity contribution in [1.82, 2.24) is 30.0 Å². The van der Waals surface area contributed by atoms with E-state index in [2.05, 4.69) is 36.0 Å². The van der Waals surface area contributed by atoms with Crippen LogP contribution >= 0.6 is 0 Å². The molecule has 0 amide bonds. The molecule has 4 N–H and O–H groups in total. The summed E-state index contributed by atoms with van der Waals surface area (Å²) in [7, 11) is 0. The van der Waals surface area contributed by atoms with Crippen LogP contribution in [0.1, 0.15) is 19.8 Å². The van der Waals surface area contributed by atoms with Gasteiger partial charge >= 0.3 is 0 Å². The van der Waals surface area contributed by atoms with Crippen molar-refractivity contribution in [2.24, 2.45) is 0 Å². The highest BCUT2D eigenvalue weighted by Gasteiger charge is 2.19. The normalized spacial score (nSPS) is 17.8. The molecule has 132 valence electrons. The Morgan fingerprint density at radius 2 is 2.32 bits per heavy atom. The number of hydrogen-bond acceptors (Lipinski definition) is 6. The molecule has 3 aromatic heterocycles. The average molecular weight is 344 g/mol. The highest BCUT2D eigenvalue weighted by molar-refractivity contribution is 5.89. The fourth-order valence-electron chi connectivity index (χ4n) is 3.05. The number of piperidine rings is 1. The summed E-state index contributed by atoms with van der Waals surface area (Å²) < 4.78 is 16.0. The van der Waals surface area contributed by atoms with Crippen LogP contribution in [0.2, 0.25) is 0 Å². The van der Waals surface area contributed by atoms with Crippen molar-refractivity contribution in [3.05, 3.63) is 24.4 Å². The Morgan fingerprint density at radius 1 is 1.40 bits per heavy atom. The lowest BCUT2D eigenvalue weighted by atomic mass is 10.1. The molecule has 1 aliphatic heterocycles. The van der Waals surface area contributed by atoms with E-state index >= 15 is 0 Å². The van der Waals surface area contributed by atoms with Gasteiger partial charge in [0.1, 0.15) is 11.5 Å². The largest absolute Gasteiger partial charge is 0.365 e. The summed E-state index contributed by atoms with van der Waals surface area (Å²) in [6.07, 6.45) is 7.01. The SMILES string of the molecule is CCn1cc(Nc2nc(N[C@@H]3CCCNC3)c3c(F)c[nH]c3n2)cn1. The van der Waals surface area contributed by atoms with Crippen LogP contribution in [0.5, 0.6) is 0 Å². The van der Waals surface area contributed by atoms with Gasteiger partial charge in [0.25, 0.3) is 0 Å². The van der Waals surface area contributed by atoms with E-state index in [1.54, 1.807) is 6.20 Å². The second kappa shape index (κ2) is 6.67. The third-order valence-electron chi connectivity index (χ3n) is 4.33. The molecule has 0 saturated carbocycles. The zero-order valence-electron chi connectivity index (χ0n) is 14.0. The molecule has 9 heteroatoms. The van der Waals surface area contributed by atoms with Crippen LogP contribution in [0.25, 0.3) is 11.0 Å². The van der Waals surface area contributed by atoms with Crippen LogP contribution in [0.4, 0.5) is 21.8 Å². The van der Waals surface area contributed by atoms with E-state index in [0.29, 0.717) is 22.8 Å². The molecule has 0 unspecified atom stereocenters. The minimum atomic E-state index is -0.355. The molecule has 1 saturated heterocycles. The van der Waals surface area contributed by atoms with Crippen molar-refractivity contribution in [3.63, 3.8) is 0 Å². The van der Waals surface area contributed by atoms with Crippen molar-refractivity contribution < 1.29 is 4.39 Å². The smallest absolute Gasteiger partial charge is 0.231 e. The van der Waals surface area contributed by atoms with Crippen LogP contribution in [0.15, 0.2) is 18.6 Å². The van der Waals surface area contributed by atoms with E-state index in [4.69, 9.17) is 0 Å². The first-order chi connectivity index (χ1) is 12.2. The molecule has 0 spiro atoms. The van der Waals surface area contributed by atoms with Gasteiger partial charge in [-0.1, -0.05) is 0 Å². The second-order valence-corrected chi connectivity index (χ2v) is 6.15. The van der Waals surface area contributed by atoms with Gasteiger partial charge in [0, 0.05) is 31.5 Å². The van der Waals surface area contributed by atoms with Gasteiger partial charge in [-0.15, -0.1) is 0 Å². The first kappa shape index (κ1) is 15.8. The fraction of sp³-hybridized carbons (Fsp3) is 0.438. The lowest BCUT2D eigenvalue weighted by Gasteiger charge is -2.24. The Kier molecular flexibility index (Phi) is 4.22. The maximum Gasteiger partial charge on any atom is 0.231 e. The predicted octanol–water partition coefficient (Wildman–Crippen LogP) is 2.22. The number of aryl methyl sites for hydroxylation is 1. The van der Waals surface area contributed by atoms with E-state index < -0.39 is 0 Å². The Balaban J connectivity index is 1.65. The maximum atomic E-state index is 14.2. The van der Waals surface area contributed by atoms with Crippen molar-refractivity contribution in [2.75, 3.05) is 23.7 Å². The van der Waals surface area contributed by atoms with Crippen LogP contribution in [0, 0.1) is 5.82 Å². The molecule has 0 aliphatic carbocycles. The predicted molar refractivity (Wildman–Crippen MR) is 94.5 cm³/mol. The van der Waals surface area contributed by atoms with Crippen LogP contribution in [0.3, 0.4) is 0 Å². The maximum absolute atomic E-state index is 14.2. The first-order valence-corrected chi connectivity index (χ1v) is 8.54. The minimum Gasteiger partial charge on any atom is -0.365 e. The van der Waals surface area contributed by atoms with Gasteiger partial charge in [-0.3, -0.25) is 4.68 Å². The summed E-state index contributed by atoms with van der Waals surface area (Å²) >= 11 is 0. The summed E-state index contributed by atoms with van der Waals surface area (Å²) in [5, 5.41) is 14.4. The topological polar surface area (TPSA) is 95.5 Å². The molecule has 0 radical (unpaired) electrons. The summed E-state index contributed by atoms with van der Waals surface area (Å²) in [4.78, 5) is 11.7. The van der Waals surface area contributed by atoms with E-state index in [9.17, 15) is 4.39 Å². The van der Waals surface area contributed by atoms with Gasteiger partial charge in [0.2, 0.25) is 5.95 Å². The van der Waals surface area contributed by atoms with Crippen LogP contribution in [-0.4, -0.2) is 43.9 Å². The number of aromatic nitrogens is 5. The van der Waals surface area contributed by atoms with E-state index in [0.717, 1.165) is 38.2 Å². The third-order valence-corrected chi connectivity index (χ3v) is 4.33. The number of halogens is 1. The van der Waals surface area contributed by atoms with Crippen molar-refractivity contribution >= 4 is 28.5 Å². The molecule has 0 aromatic carbocycles. The fourth-order valence-corrected chi connectivity index (χ4v) is 3.05. The van der Waals surface area contributed by atoms with E-state index in [1.165, 1.54) is 6.20 Å². The van der Waals surface area contributed by atoms with Gasteiger partial charge in [0.15, 0.2) is 5.82 Å². The number of anilines is 3.